The van der Waals surface area contributed by atoms with Crippen molar-refractivity contribution in [3.8, 4) is 5.75 Å². The highest BCUT2D eigenvalue weighted by molar-refractivity contribution is 14.0. The second-order valence-corrected chi connectivity index (χ2v) is 8.51. The van der Waals surface area contributed by atoms with Gasteiger partial charge in [-0.1, -0.05) is 12.1 Å². The molecular weight excluding hydrogens is 535 g/mol. The summed E-state index contributed by atoms with van der Waals surface area (Å²) in [5.74, 6) is 1.63. The van der Waals surface area contributed by atoms with E-state index in [1.54, 1.807) is 7.05 Å². The van der Waals surface area contributed by atoms with E-state index in [9.17, 15) is 4.79 Å². The number of rotatable bonds is 8. The highest BCUT2D eigenvalue weighted by Crippen LogP contribution is 2.19. The molecule has 3 rings (SSSR count). The summed E-state index contributed by atoms with van der Waals surface area (Å²) in [5, 5.41) is 3.44. The predicted octanol–water partition coefficient (Wildman–Crippen LogP) is 2.75. The third-order valence-corrected chi connectivity index (χ3v) is 6.42. The zero-order valence-electron chi connectivity index (χ0n) is 20.1. The Kier molecular flexibility index (Phi) is 12.3. The van der Waals surface area contributed by atoms with Crippen LogP contribution in [-0.4, -0.2) is 88.4 Å². The minimum Gasteiger partial charge on any atom is -0.492 e. The number of methoxy groups -OCH3 is 1. The van der Waals surface area contributed by atoms with Crippen LogP contribution >= 0.6 is 24.0 Å². The van der Waals surface area contributed by atoms with E-state index in [0.29, 0.717) is 19.2 Å². The van der Waals surface area contributed by atoms with Crippen molar-refractivity contribution in [1.82, 2.24) is 15.1 Å². The fourth-order valence-electron chi connectivity index (χ4n) is 4.37. The van der Waals surface area contributed by atoms with Crippen LogP contribution in [0.4, 0.5) is 0 Å². The lowest BCUT2D eigenvalue weighted by molar-refractivity contribution is -0.146. The molecule has 0 radical (unpaired) electrons. The Morgan fingerprint density at radius 3 is 2.64 bits per heavy atom. The molecule has 8 nitrogen and oxygen atoms in total. The molecule has 33 heavy (non-hydrogen) atoms. The molecule has 1 N–H and O–H groups in total. The number of halogens is 1. The van der Waals surface area contributed by atoms with Gasteiger partial charge in [-0.3, -0.25) is 14.7 Å². The van der Waals surface area contributed by atoms with Crippen molar-refractivity contribution in [2.24, 2.45) is 10.9 Å². The Labute approximate surface area is 215 Å². The van der Waals surface area contributed by atoms with Crippen LogP contribution in [0.3, 0.4) is 0 Å². The van der Waals surface area contributed by atoms with Gasteiger partial charge in [0.1, 0.15) is 12.4 Å². The molecule has 2 heterocycles. The first-order chi connectivity index (χ1) is 15.6. The van der Waals surface area contributed by atoms with Gasteiger partial charge < -0.3 is 24.4 Å². The standard InChI is InChI=1S/C24H38N4O4.HI/c1-25-24(28-11-7-20(8-12-28)23(29)30-3)26-18-19-5-4-6-22(17-19)32-16-13-27(2)21-9-14-31-15-10-21;/h4-6,17,20-21H,7-16,18H2,1-3H3,(H,25,26);1H. The second kappa shape index (κ2) is 14.6. The molecule has 0 spiro atoms. The SMILES string of the molecule is CN=C(NCc1cccc(OCCN(C)C2CCOCC2)c1)N1CCC(C(=O)OC)CC1.I. The Morgan fingerprint density at radius 2 is 1.97 bits per heavy atom. The van der Waals surface area contributed by atoms with Gasteiger partial charge in [0.15, 0.2) is 5.96 Å². The van der Waals surface area contributed by atoms with E-state index < -0.39 is 0 Å². The van der Waals surface area contributed by atoms with Crippen LogP contribution < -0.4 is 10.1 Å². The molecule has 0 aliphatic carbocycles. The first-order valence-corrected chi connectivity index (χ1v) is 11.6. The Bertz CT molecular complexity index is 750. The predicted molar refractivity (Wildman–Crippen MR) is 140 cm³/mol. The van der Waals surface area contributed by atoms with Gasteiger partial charge in [-0.15, -0.1) is 24.0 Å². The van der Waals surface area contributed by atoms with Crippen molar-refractivity contribution in [3.63, 3.8) is 0 Å². The largest absolute Gasteiger partial charge is 0.492 e. The molecule has 2 aliphatic rings. The summed E-state index contributed by atoms with van der Waals surface area (Å²) in [6.07, 6.45) is 3.77. The number of benzene rings is 1. The Morgan fingerprint density at radius 1 is 1.24 bits per heavy atom. The molecule has 1 aromatic carbocycles. The number of guanidine groups is 1. The molecule has 186 valence electrons. The summed E-state index contributed by atoms with van der Waals surface area (Å²) >= 11 is 0. The maximum atomic E-state index is 11.7. The molecule has 9 heteroatoms. The molecule has 1 aromatic rings. The van der Waals surface area contributed by atoms with E-state index in [0.717, 1.165) is 75.8 Å². The van der Waals surface area contributed by atoms with Crippen LogP contribution in [0, 0.1) is 5.92 Å². The van der Waals surface area contributed by atoms with Crippen molar-refractivity contribution < 1.29 is 19.0 Å². The summed E-state index contributed by atoms with van der Waals surface area (Å²) in [4.78, 5) is 20.7. The number of likely N-dealkylation sites (tertiary alicyclic amines) is 1. The van der Waals surface area contributed by atoms with Crippen molar-refractivity contribution in [2.75, 3.05) is 60.7 Å². The molecule has 0 amide bonds. The summed E-state index contributed by atoms with van der Waals surface area (Å²) in [6.45, 7) is 5.55. The number of hydrogen-bond acceptors (Lipinski definition) is 6. The van der Waals surface area contributed by atoms with Crippen LogP contribution in [-0.2, 0) is 20.8 Å². The third-order valence-electron chi connectivity index (χ3n) is 6.42. The molecule has 2 fully saturated rings. The number of carbonyl (C=O) groups is 1. The first-order valence-electron chi connectivity index (χ1n) is 11.6. The topological polar surface area (TPSA) is 75.6 Å². The van der Waals surface area contributed by atoms with E-state index >= 15 is 0 Å². The van der Waals surface area contributed by atoms with Gasteiger partial charge in [0.25, 0.3) is 0 Å². The van der Waals surface area contributed by atoms with Gasteiger partial charge in [-0.2, -0.15) is 0 Å². The van der Waals surface area contributed by atoms with Crippen molar-refractivity contribution >= 4 is 35.9 Å². The van der Waals surface area contributed by atoms with Gasteiger partial charge in [0, 0.05) is 52.5 Å². The molecule has 0 bridgehead atoms. The van der Waals surface area contributed by atoms with Crippen LogP contribution in [0.2, 0.25) is 0 Å². The minimum absolute atomic E-state index is 0. The maximum absolute atomic E-state index is 11.7. The second-order valence-electron chi connectivity index (χ2n) is 8.51. The molecule has 0 atom stereocenters. The Hall–Kier alpha value is -1.59. The van der Waals surface area contributed by atoms with E-state index in [2.05, 4.69) is 39.3 Å². The number of nitrogens with one attached hydrogen (secondary N) is 1. The summed E-state index contributed by atoms with van der Waals surface area (Å²) < 4.78 is 16.3. The van der Waals surface area contributed by atoms with Gasteiger partial charge in [0.2, 0.25) is 0 Å². The average Bonchev–Trinajstić information content (AvgIpc) is 2.85. The number of likely N-dealkylation sites (N-methyl/N-ethyl adjacent to an activating group) is 1. The van der Waals surface area contributed by atoms with Crippen LogP contribution in [0.15, 0.2) is 29.3 Å². The quantitative estimate of drug-likeness (QED) is 0.222. The molecular formula is C24H39IN4O4. The van der Waals surface area contributed by atoms with Crippen molar-refractivity contribution in [3.05, 3.63) is 29.8 Å². The summed E-state index contributed by atoms with van der Waals surface area (Å²) in [7, 11) is 5.42. The molecule has 0 aromatic heterocycles. The van der Waals surface area contributed by atoms with E-state index in [1.165, 1.54) is 7.11 Å². The lowest BCUT2D eigenvalue weighted by Crippen LogP contribution is -2.46. The van der Waals surface area contributed by atoms with Crippen LogP contribution in [0.1, 0.15) is 31.2 Å². The highest BCUT2D eigenvalue weighted by atomic mass is 127. The lowest BCUT2D eigenvalue weighted by atomic mass is 9.97. The number of aliphatic imine (C=N–C) groups is 1. The molecule has 0 saturated carbocycles. The molecule has 2 saturated heterocycles. The third kappa shape index (κ3) is 8.60. The summed E-state index contributed by atoms with van der Waals surface area (Å²) in [5.41, 5.74) is 1.14. The normalized spacial score (nSPS) is 18.1. The van der Waals surface area contributed by atoms with Crippen molar-refractivity contribution in [1.29, 1.82) is 0 Å². The van der Waals surface area contributed by atoms with Gasteiger partial charge in [-0.25, -0.2) is 0 Å². The van der Waals surface area contributed by atoms with Crippen molar-refractivity contribution in [2.45, 2.75) is 38.3 Å². The van der Waals surface area contributed by atoms with E-state index in [-0.39, 0.29) is 35.9 Å². The maximum Gasteiger partial charge on any atom is 0.308 e. The van der Waals surface area contributed by atoms with E-state index in [4.69, 9.17) is 14.2 Å². The van der Waals surface area contributed by atoms with Crippen LogP contribution in [0.25, 0.3) is 0 Å². The minimum atomic E-state index is -0.108. The molecule has 0 unspecified atom stereocenters. The molecule has 2 aliphatic heterocycles. The number of hydrogen-bond donors (Lipinski definition) is 1. The average molecular weight is 575 g/mol. The van der Waals surface area contributed by atoms with Gasteiger partial charge in [-0.05, 0) is 50.4 Å². The monoisotopic (exact) mass is 574 g/mol. The number of carbonyl (C=O) groups excluding carboxylic acids is 1. The zero-order chi connectivity index (χ0) is 22.8. The Balaban J connectivity index is 0.00000385. The fraction of sp³-hybridized carbons (Fsp3) is 0.667. The van der Waals surface area contributed by atoms with E-state index in [1.807, 2.05) is 12.1 Å². The number of nitrogens with zero attached hydrogens (tertiary/aromatic N) is 3. The number of esters is 1. The smallest absolute Gasteiger partial charge is 0.308 e. The zero-order valence-corrected chi connectivity index (χ0v) is 22.5. The lowest BCUT2D eigenvalue weighted by Gasteiger charge is -2.33. The van der Waals surface area contributed by atoms with Gasteiger partial charge in [0.05, 0.1) is 13.0 Å². The first kappa shape index (κ1) is 27.7. The fourth-order valence-corrected chi connectivity index (χ4v) is 4.37. The number of ether oxygens (including phenoxy) is 3. The van der Waals surface area contributed by atoms with Crippen LogP contribution in [0.5, 0.6) is 5.75 Å². The summed E-state index contributed by atoms with van der Waals surface area (Å²) in [6, 6.07) is 8.79. The number of piperidine rings is 1. The van der Waals surface area contributed by atoms with Gasteiger partial charge >= 0.3 is 5.97 Å². The highest BCUT2D eigenvalue weighted by Gasteiger charge is 2.27.